The molecule has 1 aromatic heterocycles. The van der Waals surface area contributed by atoms with Gasteiger partial charge in [0.1, 0.15) is 0 Å². The van der Waals surface area contributed by atoms with E-state index in [-0.39, 0.29) is 5.91 Å². The molecule has 4 rings (SSSR count). The first kappa shape index (κ1) is 29.9. The van der Waals surface area contributed by atoms with Gasteiger partial charge in [-0.05, 0) is 77.8 Å². The molecule has 0 spiro atoms. The Hall–Kier alpha value is -2.63. The molecule has 1 amide bonds. The lowest BCUT2D eigenvalue weighted by Crippen LogP contribution is -2.30. The van der Waals surface area contributed by atoms with Crippen LogP contribution in [-0.4, -0.2) is 59.1 Å². The first-order valence-corrected chi connectivity index (χ1v) is 13.3. The minimum Gasteiger partial charge on any atom is -0.475 e. The van der Waals surface area contributed by atoms with Crippen molar-refractivity contribution in [1.29, 1.82) is 0 Å². The Morgan fingerprint density at radius 1 is 0.921 bits per heavy atom. The molecule has 2 aromatic carbocycles. The topological polar surface area (TPSA) is 72.9 Å². The highest BCUT2D eigenvalue weighted by atomic mass is 35.5. The maximum Gasteiger partial charge on any atom is 0.490 e. The normalized spacial score (nSPS) is 14.8. The van der Waals surface area contributed by atoms with Gasteiger partial charge in [-0.2, -0.15) is 24.5 Å². The van der Waals surface area contributed by atoms with Gasteiger partial charge in [-0.3, -0.25) is 14.6 Å². The minimum absolute atomic E-state index is 0.199. The standard InChI is InChI=1S/C24H25Cl2N3OS.C2HF3O2/c25-22-6-5-20(14-23(22)26)24(30)27-21-4-1-3-18(13-21)15-28-8-2-9-29(11-10-28)16-19-7-12-31-17-19;3-2(4,5)1(6)7/h1,3-7,12-14,17H,2,8-11,15-16H2,(H,27,30);(H,6,7). The van der Waals surface area contributed by atoms with E-state index in [1.54, 1.807) is 29.5 Å². The number of nitrogens with zero attached hydrogens (tertiary/aromatic N) is 2. The van der Waals surface area contributed by atoms with Gasteiger partial charge in [-0.15, -0.1) is 0 Å². The third-order valence-electron chi connectivity index (χ3n) is 5.68. The monoisotopic (exact) mass is 587 g/mol. The number of aliphatic carboxylic acids is 1. The van der Waals surface area contributed by atoms with Crippen LogP contribution in [0.15, 0.2) is 59.3 Å². The maximum absolute atomic E-state index is 12.6. The number of nitrogens with one attached hydrogen (secondary N) is 1. The Balaban J connectivity index is 0.000000505. The van der Waals surface area contributed by atoms with Crippen molar-refractivity contribution in [3.63, 3.8) is 0 Å². The molecule has 0 unspecified atom stereocenters. The van der Waals surface area contributed by atoms with Crippen LogP contribution in [0.1, 0.15) is 27.9 Å². The second kappa shape index (κ2) is 14.0. The number of benzene rings is 2. The first-order chi connectivity index (χ1) is 18.0. The molecule has 204 valence electrons. The molecule has 2 heterocycles. The zero-order valence-corrected chi connectivity index (χ0v) is 22.5. The molecular weight excluding hydrogens is 562 g/mol. The molecule has 1 fully saturated rings. The average molecular weight is 588 g/mol. The molecule has 38 heavy (non-hydrogen) atoms. The van der Waals surface area contributed by atoms with Gasteiger partial charge in [-0.1, -0.05) is 35.3 Å². The molecule has 1 saturated heterocycles. The lowest BCUT2D eigenvalue weighted by atomic mass is 10.1. The zero-order chi connectivity index (χ0) is 27.7. The third-order valence-corrected chi connectivity index (χ3v) is 7.15. The number of carbonyl (C=O) groups is 2. The van der Waals surface area contributed by atoms with E-state index in [1.807, 2.05) is 18.2 Å². The Bertz CT molecular complexity index is 1230. The van der Waals surface area contributed by atoms with Gasteiger partial charge in [0.05, 0.1) is 10.0 Å². The van der Waals surface area contributed by atoms with Crippen molar-refractivity contribution in [2.24, 2.45) is 0 Å². The fraction of sp³-hybridized carbons (Fsp3) is 0.308. The molecule has 1 aliphatic heterocycles. The van der Waals surface area contributed by atoms with Crippen LogP contribution in [0.2, 0.25) is 10.0 Å². The number of rotatable bonds is 6. The Morgan fingerprint density at radius 3 is 2.16 bits per heavy atom. The summed E-state index contributed by atoms with van der Waals surface area (Å²) in [5.41, 5.74) is 3.86. The predicted molar refractivity (Wildman–Crippen MR) is 144 cm³/mol. The molecule has 0 bridgehead atoms. The van der Waals surface area contributed by atoms with Crippen LogP contribution in [-0.2, 0) is 17.9 Å². The van der Waals surface area contributed by atoms with Crippen LogP contribution < -0.4 is 5.32 Å². The number of hydrogen-bond donors (Lipinski definition) is 2. The quantitative estimate of drug-likeness (QED) is 0.338. The van der Waals surface area contributed by atoms with E-state index >= 15 is 0 Å². The summed E-state index contributed by atoms with van der Waals surface area (Å²) in [7, 11) is 0. The molecule has 6 nitrogen and oxygen atoms in total. The third kappa shape index (κ3) is 9.59. The van der Waals surface area contributed by atoms with Crippen molar-refractivity contribution in [2.45, 2.75) is 25.7 Å². The van der Waals surface area contributed by atoms with E-state index in [9.17, 15) is 18.0 Å². The van der Waals surface area contributed by atoms with Crippen molar-refractivity contribution < 1.29 is 27.9 Å². The Morgan fingerprint density at radius 2 is 1.58 bits per heavy atom. The molecule has 1 aliphatic rings. The minimum atomic E-state index is -5.08. The van der Waals surface area contributed by atoms with Crippen molar-refractivity contribution in [1.82, 2.24) is 9.80 Å². The van der Waals surface area contributed by atoms with Crippen LogP contribution in [0, 0.1) is 0 Å². The fourth-order valence-corrected chi connectivity index (χ4v) is 4.79. The summed E-state index contributed by atoms with van der Waals surface area (Å²) in [5.74, 6) is -2.96. The van der Waals surface area contributed by atoms with E-state index in [0.29, 0.717) is 15.6 Å². The van der Waals surface area contributed by atoms with Crippen molar-refractivity contribution in [3.8, 4) is 0 Å². The molecule has 3 aromatic rings. The summed E-state index contributed by atoms with van der Waals surface area (Å²) in [6.07, 6.45) is -3.92. The summed E-state index contributed by atoms with van der Waals surface area (Å²) in [6, 6.07) is 15.2. The van der Waals surface area contributed by atoms with E-state index < -0.39 is 12.1 Å². The highest BCUT2D eigenvalue weighted by molar-refractivity contribution is 7.07. The largest absolute Gasteiger partial charge is 0.490 e. The second-order valence-electron chi connectivity index (χ2n) is 8.62. The number of halogens is 5. The number of carbonyl (C=O) groups excluding carboxylic acids is 1. The SMILES string of the molecule is O=C(Nc1cccc(CN2CCCN(Cc3ccsc3)CC2)c1)c1ccc(Cl)c(Cl)c1.O=C(O)C(F)(F)F. The van der Waals surface area contributed by atoms with Crippen molar-refractivity contribution in [3.05, 3.63) is 86.0 Å². The van der Waals surface area contributed by atoms with Crippen molar-refractivity contribution >= 4 is 52.1 Å². The van der Waals surface area contributed by atoms with E-state index in [1.165, 1.54) is 11.1 Å². The van der Waals surface area contributed by atoms with Crippen LogP contribution in [0.4, 0.5) is 18.9 Å². The van der Waals surface area contributed by atoms with Crippen LogP contribution in [0.5, 0.6) is 0 Å². The number of carboxylic acid groups (broad SMARTS) is 1. The number of carboxylic acids is 1. The van der Waals surface area contributed by atoms with Crippen LogP contribution >= 0.6 is 34.5 Å². The summed E-state index contributed by atoms with van der Waals surface area (Å²) in [4.78, 5) is 26.5. The lowest BCUT2D eigenvalue weighted by Gasteiger charge is -2.22. The fourth-order valence-electron chi connectivity index (χ4n) is 3.83. The zero-order valence-electron chi connectivity index (χ0n) is 20.2. The molecule has 2 N–H and O–H groups in total. The predicted octanol–water partition coefficient (Wildman–Crippen LogP) is 6.65. The van der Waals surface area contributed by atoms with Gasteiger partial charge in [-0.25, -0.2) is 4.79 Å². The number of alkyl halides is 3. The number of hydrogen-bond acceptors (Lipinski definition) is 5. The summed E-state index contributed by atoms with van der Waals surface area (Å²) < 4.78 is 31.7. The molecule has 0 radical (unpaired) electrons. The molecular formula is C26H26Cl2F3N3O3S. The molecule has 12 heteroatoms. The summed E-state index contributed by atoms with van der Waals surface area (Å²) in [5, 5.41) is 15.3. The number of anilines is 1. The second-order valence-corrected chi connectivity index (χ2v) is 10.2. The lowest BCUT2D eigenvalue weighted by molar-refractivity contribution is -0.192. The van der Waals surface area contributed by atoms with Gasteiger partial charge >= 0.3 is 12.1 Å². The molecule has 0 aliphatic carbocycles. The Kier molecular flexibility index (Phi) is 11.0. The Labute approximate surface area is 232 Å². The average Bonchev–Trinajstić information content (AvgIpc) is 3.27. The van der Waals surface area contributed by atoms with E-state index in [0.717, 1.165) is 51.4 Å². The van der Waals surface area contributed by atoms with Gasteiger partial charge in [0.15, 0.2) is 0 Å². The molecule has 0 saturated carbocycles. The molecule has 0 atom stereocenters. The number of thiophene rings is 1. The maximum atomic E-state index is 12.6. The highest BCUT2D eigenvalue weighted by Crippen LogP contribution is 2.23. The van der Waals surface area contributed by atoms with Gasteiger partial charge < -0.3 is 10.4 Å². The van der Waals surface area contributed by atoms with Crippen LogP contribution in [0.25, 0.3) is 0 Å². The van der Waals surface area contributed by atoms with E-state index in [2.05, 4.69) is 38.0 Å². The van der Waals surface area contributed by atoms with Gasteiger partial charge in [0.2, 0.25) is 0 Å². The summed E-state index contributed by atoms with van der Waals surface area (Å²) in [6.45, 7) is 6.25. The van der Waals surface area contributed by atoms with Crippen molar-refractivity contribution in [2.75, 3.05) is 31.5 Å². The van der Waals surface area contributed by atoms with Gasteiger partial charge in [0, 0.05) is 37.4 Å². The summed E-state index contributed by atoms with van der Waals surface area (Å²) >= 11 is 13.7. The smallest absolute Gasteiger partial charge is 0.475 e. The van der Waals surface area contributed by atoms with Crippen LogP contribution in [0.3, 0.4) is 0 Å². The highest BCUT2D eigenvalue weighted by Gasteiger charge is 2.38. The van der Waals surface area contributed by atoms with Gasteiger partial charge in [0.25, 0.3) is 5.91 Å². The number of amides is 1. The van der Waals surface area contributed by atoms with E-state index in [4.69, 9.17) is 33.1 Å². The first-order valence-electron chi connectivity index (χ1n) is 11.6.